The Labute approximate surface area is 99.3 Å². The largest absolute Gasteiger partial charge is 0.383 e. The Morgan fingerprint density at radius 3 is 2.94 bits per heavy atom. The van der Waals surface area contributed by atoms with Gasteiger partial charge in [0.05, 0.1) is 13.2 Å². The number of nitrogens with one attached hydrogen (secondary N) is 1. The molecule has 1 fully saturated rings. The Bertz CT molecular complexity index is 172. The predicted molar refractivity (Wildman–Crippen MR) is 65.8 cm³/mol. The summed E-state index contributed by atoms with van der Waals surface area (Å²) in [4.78, 5) is 2.39. The summed E-state index contributed by atoms with van der Waals surface area (Å²) in [6.45, 7) is 6.84. The smallest absolute Gasteiger partial charge is 0.0628 e. The second-order valence-corrected chi connectivity index (χ2v) is 4.56. The highest BCUT2D eigenvalue weighted by Crippen LogP contribution is 2.10. The molecule has 1 aliphatic rings. The van der Waals surface area contributed by atoms with E-state index in [1.54, 1.807) is 7.11 Å². The first kappa shape index (κ1) is 13.9. The van der Waals surface area contributed by atoms with Crippen LogP contribution in [0.2, 0.25) is 0 Å². The Hall–Kier alpha value is -0.160. The van der Waals surface area contributed by atoms with Gasteiger partial charge in [0, 0.05) is 32.3 Å². The molecule has 96 valence electrons. The molecule has 0 aromatic carbocycles. The fourth-order valence-electron chi connectivity index (χ4n) is 2.09. The quantitative estimate of drug-likeness (QED) is 0.666. The molecular weight excluding hydrogens is 204 g/mol. The SMILES string of the molecule is CCCNC(COC)CN(C)C1CCOC1. The van der Waals surface area contributed by atoms with Gasteiger partial charge in [0.2, 0.25) is 0 Å². The van der Waals surface area contributed by atoms with Gasteiger partial charge in [-0.2, -0.15) is 0 Å². The second-order valence-electron chi connectivity index (χ2n) is 4.56. The van der Waals surface area contributed by atoms with E-state index in [9.17, 15) is 0 Å². The molecule has 0 bridgehead atoms. The number of likely N-dealkylation sites (N-methyl/N-ethyl adjacent to an activating group) is 1. The summed E-state index contributed by atoms with van der Waals surface area (Å²) >= 11 is 0. The molecule has 1 rings (SSSR count). The van der Waals surface area contributed by atoms with Gasteiger partial charge in [0.1, 0.15) is 0 Å². The first-order chi connectivity index (χ1) is 7.77. The van der Waals surface area contributed by atoms with Crippen LogP contribution in [0.4, 0.5) is 0 Å². The van der Waals surface area contributed by atoms with Crippen LogP contribution in [0.3, 0.4) is 0 Å². The lowest BCUT2D eigenvalue weighted by molar-refractivity contribution is 0.120. The van der Waals surface area contributed by atoms with Crippen LogP contribution in [-0.2, 0) is 9.47 Å². The third kappa shape index (κ3) is 4.78. The van der Waals surface area contributed by atoms with E-state index >= 15 is 0 Å². The van der Waals surface area contributed by atoms with Crippen molar-refractivity contribution in [3.63, 3.8) is 0 Å². The van der Waals surface area contributed by atoms with Crippen LogP contribution in [0.25, 0.3) is 0 Å². The topological polar surface area (TPSA) is 33.7 Å². The van der Waals surface area contributed by atoms with E-state index in [1.807, 2.05) is 0 Å². The Balaban J connectivity index is 2.27. The molecule has 2 atom stereocenters. The molecule has 2 unspecified atom stereocenters. The van der Waals surface area contributed by atoms with Gasteiger partial charge in [-0.25, -0.2) is 0 Å². The maximum atomic E-state index is 5.41. The molecular formula is C12H26N2O2. The molecule has 0 saturated carbocycles. The molecule has 1 N–H and O–H groups in total. The molecule has 16 heavy (non-hydrogen) atoms. The Morgan fingerprint density at radius 1 is 1.56 bits per heavy atom. The molecule has 0 aromatic heterocycles. The van der Waals surface area contributed by atoms with Gasteiger partial charge in [0.25, 0.3) is 0 Å². The van der Waals surface area contributed by atoms with Gasteiger partial charge in [-0.05, 0) is 26.4 Å². The molecule has 0 amide bonds. The van der Waals surface area contributed by atoms with Crippen molar-refractivity contribution in [2.75, 3.05) is 47.1 Å². The van der Waals surface area contributed by atoms with E-state index in [2.05, 4.69) is 24.2 Å². The van der Waals surface area contributed by atoms with Crippen molar-refractivity contribution in [2.45, 2.75) is 31.8 Å². The average Bonchev–Trinajstić information content (AvgIpc) is 2.79. The third-order valence-electron chi connectivity index (χ3n) is 3.09. The molecule has 4 nitrogen and oxygen atoms in total. The van der Waals surface area contributed by atoms with Crippen LogP contribution < -0.4 is 5.32 Å². The van der Waals surface area contributed by atoms with Crippen molar-refractivity contribution >= 4 is 0 Å². The van der Waals surface area contributed by atoms with Gasteiger partial charge in [0.15, 0.2) is 0 Å². The first-order valence-corrected chi connectivity index (χ1v) is 6.28. The van der Waals surface area contributed by atoms with E-state index < -0.39 is 0 Å². The van der Waals surface area contributed by atoms with Gasteiger partial charge < -0.3 is 14.8 Å². The molecule has 1 aliphatic heterocycles. The molecule has 1 saturated heterocycles. The lowest BCUT2D eigenvalue weighted by Gasteiger charge is -2.28. The maximum Gasteiger partial charge on any atom is 0.0628 e. The highest BCUT2D eigenvalue weighted by atomic mass is 16.5. The van der Waals surface area contributed by atoms with Gasteiger partial charge >= 0.3 is 0 Å². The monoisotopic (exact) mass is 230 g/mol. The number of hydrogen-bond acceptors (Lipinski definition) is 4. The van der Waals surface area contributed by atoms with Crippen molar-refractivity contribution in [2.24, 2.45) is 0 Å². The van der Waals surface area contributed by atoms with Crippen molar-refractivity contribution in [1.29, 1.82) is 0 Å². The zero-order valence-electron chi connectivity index (χ0n) is 10.9. The molecule has 4 heteroatoms. The van der Waals surface area contributed by atoms with Crippen LogP contribution in [0.15, 0.2) is 0 Å². The fourth-order valence-corrected chi connectivity index (χ4v) is 2.09. The van der Waals surface area contributed by atoms with Crippen LogP contribution in [0.1, 0.15) is 19.8 Å². The summed E-state index contributed by atoms with van der Waals surface area (Å²) < 4.78 is 10.7. The van der Waals surface area contributed by atoms with E-state index in [-0.39, 0.29) is 0 Å². The van der Waals surface area contributed by atoms with Crippen LogP contribution in [0, 0.1) is 0 Å². The number of rotatable bonds is 8. The second kappa shape index (κ2) is 8.01. The highest BCUT2D eigenvalue weighted by molar-refractivity contribution is 4.78. The first-order valence-electron chi connectivity index (χ1n) is 6.28. The summed E-state index contributed by atoms with van der Waals surface area (Å²) in [5, 5.41) is 3.52. The van der Waals surface area contributed by atoms with Crippen molar-refractivity contribution < 1.29 is 9.47 Å². The fraction of sp³-hybridized carbons (Fsp3) is 1.00. The number of hydrogen-bond donors (Lipinski definition) is 1. The molecule has 0 spiro atoms. The van der Waals surface area contributed by atoms with Crippen LogP contribution >= 0.6 is 0 Å². The van der Waals surface area contributed by atoms with Gasteiger partial charge in [-0.3, -0.25) is 4.90 Å². The van der Waals surface area contributed by atoms with Crippen LogP contribution in [0.5, 0.6) is 0 Å². The summed E-state index contributed by atoms with van der Waals surface area (Å²) in [7, 11) is 3.94. The lowest BCUT2D eigenvalue weighted by Crippen LogP contribution is -2.46. The zero-order valence-corrected chi connectivity index (χ0v) is 10.9. The van der Waals surface area contributed by atoms with Crippen molar-refractivity contribution in [3.05, 3.63) is 0 Å². The predicted octanol–water partition coefficient (Wildman–Crippen LogP) is 0.722. The van der Waals surface area contributed by atoms with Crippen molar-refractivity contribution in [1.82, 2.24) is 10.2 Å². The molecule has 0 aromatic rings. The molecule has 0 aliphatic carbocycles. The minimum absolute atomic E-state index is 0.426. The highest BCUT2D eigenvalue weighted by Gasteiger charge is 2.22. The number of methoxy groups -OCH3 is 1. The number of nitrogens with zero attached hydrogens (tertiary/aromatic N) is 1. The lowest BCUT2D eigenvalue weighted by atomic mass is 10.2. The van der Waals surface area contributed by atoms with E-state index in [4.69, 9.17) is 9.47 Å². The summed E-state index contributed by atoms with van der Waals surface area (Å²) in [5.41, 5.74) is 0. The standard InChI is InChI=1S/C12H26N2O2/c1-4-6-13-11(9-15-3)8-14(2)12-5-7-16-10-12/h11-13H,4-10H2,1-3H3. The van der Waals surface area contributed by atoms with Gasteiger partial charge in [-0.1, -0.05) is 6.92 Å². The van der Waals surface area contributed by atoms with Crippen molar-refractivity contribution in [3.8, 4) is 0 Å². The van der Waals surface area contributed by atoms with E-state index in [0.717, 1.165) is 45.8 Å². The normalized spacial score (nSPS) is 22.9. The van der Waals surface area contributed by atoms with Gasteiger partial charge in [-0.15, -0.1) is 0 Å². The molecule has 0 radical (unpaired) electrons. The average molecular weight is 230 g/mol. The summed E-state index contributed by atoms with van der Waals surface area (Å²) in [5.74, 6) is 0. The van der Waals surface area contributed by atoms with E-state index in [0.29, 0.717) is 12.1 Å². The zero-order chi connectivity index (χ0) is 11.8. The minimum Gasteiger partial charge on any atom is -0.383 e. The van der Waals surface area contributed by atoms with Crippen LogP contribution in [-0.4, -0.2) is 64.1 Å². The summed E-state index contributed by atoms with van der Waals surface area (Å²) in [6, 6.07) is 1.01. The Kier molecular flexibility index (Phi) is 6.96. The minimum atomic E-state index is 0.426. The maximum absolute atomic E-state index is 5.41. The number of ether oxygens (including phenoxy) is 2. The third-order valence-corrected chi connectivity index (χ3v) is 3.09. The molecule has 1 heterocycles. The van der Waals surface area contributed by atoms with E-state index in [1.165, 1.54) is 0 Å². The Morgan fingerprint density at radius 2 is 2.38 bits per heavy atom. The summed E-state index contributed by atoms with van der Waals surface area (Å²) in [6.07, 6.45) is 2.32.